The van der Waals surface area contributed by atoms with Crippen molar-refractivity contribution in [1.29, 1.82) is 0 Å². The average Bonchev–Trinajstić information content (AvgIpc) is 2.00. The van der Waals surface area contributed by atoms with Crippen LogP contribution >= 0.6 is 0 Å². The molecule has 0 spiro atoms. The van der Waals surface area contributed by atoms with Crippen LogP contribution in [-0.4, -0.2) is 5.78 Å². The maximum Gasteiger partial charge on any atom is 0.135 e. The van der Waals surface area contributed by atoms with E-state index in [1.54, 1.807) is 0 Å². The smallest absolute Gasteiger partial charge is 0.135 e. The SMILES string of the molecule is CCCC(=O)C1CC(C)CC(C)(C)C1. The molecule has 1 aliphatic carbocycles. The molecule has 0 aromatic heterocycles. The third-order valence-corrected chi connectivity index (χ3v) is 3.34. The third kappa shape index (κ3) is 3.11. The van der Waals surface area contributed by atoms with Crippen molar-refractivity contribution in [3.05, 3.63) is 0 Å². The van der Waals surface area contributed by atoms with Crippen LogP contribution in [0.3, 0.4) is 0 Å². The number of hydrogen-bond donors (Lipinski definition) is 0. The van der Waals surface area contributed by atoms with Crippen molar-refractivity contribution in [1.82, 2.24) is 0 Å². The summed E-state index contributed by atoms with van der Waals surface area (Å²) in [7, 11) is 0. The Morgan fingerprint density at radius 1 is 1.36 bits per heavy atom. The lowest BCUT2D eigenvalue weighted by atomic mass is 9.66. The Morgan fingerprint density at radius 3 is 2.50 bits per heavy atom. The van der Waals surface area contributed by atoms with Crippen LogP contribution in [0.1, 0.15) is 59.8 Å². The third-order valence-electron chi connectivity index (χ3n) is 3.34. The molecule has 14 heavy (non-hydrogen) atoms. The van der Waals surface area contributed by atoms with Crippen molar-refractivity contribution in [2.75, 3.05) is 0 Å². The Hall–Kier alpha value is -0.330. The van der Waals surface area contributed by atoms with Crippen LogP contribution in [-0.2, 0) is 4.79 Å². The van der Waals surface area contributed by atoms with Gasteiger partial charge >= 0.3 is 0 Å². The zero-order valence-electron chi connectivity index (χ0n) is 10.1. The first kappa shape index (κ1) is 11.7. The van der Waals surface area contributed by atoms with E-state index in [1.807, 2.05) is 0 Å². The minimum Gasteiger partial charge on any atom is -0.299 e. The number of carbonyl (C=O) groups is 1. The zero-order valence-corrected chi connectivity index (χ0v) is 10.1. The Balaban J connectivity index is 2.57. The molecule has 0 radical (unpaired) electrons. The lowest BCUT2D eigenvalue weighted by molar-refractivity contribution is -0.125. The van der Waals surface area contributed by atoms with Crippen molar-refractivity contribution in [2.24, 2.45) is 17.3 Å². The van der Waals surface area contributed by atoms with Gasteiger partial charge in [-0.1, -0.05) is 27.7 Å². The summed E-state index contributed by atoms with van der Waals surface area (Å²) in [5, 5.41) is 0. The second-order valence-corrected chi connectivity index (χ2v) is 5.83. The van der Waals surface area contributed by atoms with Crippen LogP contribution in [0.4, 0.5) is 0 Å². The van der Waals surface area contributed by atoms with E-state index in [-0.39, 0.29) is 0 Å². The quantitative estimate of drug-likeness (QED) is 0.670. The Kier molecular flexibility index (Phi) is 3.74. The van der Waals surface area contributed by atoms with Crippen LogP contribution in [0.25, 0.3) is 0 Å². The van der Waals surface area contributed by atoms with Gasteiger partial charge in [-0.2, -0.15) is 0 Å². The standard InChI is InChI=1S/C13H24O/c1-5-6-12(14)11-7-10(2)8-13(3,4)9-11/h10-11H,5-9H2,1-4H3. The summed E-state index contributed by atoms with van der Waals surface area (Å²) in [5.74, 6) is 1.59. The van der Waals surface area contributed by atoms with E-state index in [0.29, 0.717) is 17.1 Å². The normalized spacial score (nSPS) is 31.4. The molecule has 1 rings (SSSR count). The summed E-state index contributed by atoms with van der Waals surface area (Å²) < 4.78 is 0. The minimum atomic E-state index is 0.355. The van der Waals surface area contributed by atoms with Gasteiger partial charge in [0.15, 0.2) is 0 Å². The van der Waals surface area contributed by atoms with Crippen molar-refractivity contribution < 1.29 is 4.79 Å². The molecule has 1 fully saturated rings. The van der Waals surface area contributed by atoms with E-state index in [1.165, 1.54) is 6.42 Å². The summed E-state index contributed by atoms with van der Waals surface area (Å²) in [6.45, 7) is 8.98. The van der Waals surface area contributed by atoms with Gasteiger partial charge in [0.2, 0.25) is 0 Å². The summed E-state index contributed by atoms with van der Waals surface area (Å²) in [5.41, 5.74) is 0.381. The molecule has 0 aliphatic heterocycles. The fourth-order valence-corrected chi connectivity index (χ4v) is 3.04. The van der Waals surface area contributed by atoms with Crippen molar-refractivity contribution in [3.63, 3.8) is 0 Å². The number of rotatable bonds is 3. The minimum absolute atomic E-state index is 0.355. The zero-order chi connectivity index (χ0) is 10.8. The first-order chi connectivity index (χ1) is 6.44. The lowest BCUT2D eigenvalue weighted by Crippen LogP contribution is -2.31. The fraction of sp³-hybridized carbons (Fsp3) is 0.923. The molecule has 2 atom stereocenters. The Bertz CT molecular complexity index is 205. The van der Waals surface area contributed by atoms with Gasteiger partial charge < -0.3 is 0 Å². The van der Waals surface area contributed by atoms with Crippen LogP contribution in [0.2, 0.25) is 0 Å². The summed E-state index contributed by atoms with van der Waals surface area (Å²) >= 11 is 0. The van der Waals surface area contributed by atoms with Crippen LogP contribution in [0.5, 0.6) is 0 Å². The number of hydrogen-bond acceptors (Lipinski definition) is 1. The number of carbonyl (C=O) groups excluding carboxylic acids is 1. The molecule has 2 unspecified atom stereocenters. The molecule has 1 saturated carbocycles. The van der Waals surface area contributed by atoms with Gasteiger partial charge in [0, 0.05) is 12.3 Å². The number of Topliss-reactive ketones (excluding diaryl/α,β-unsaturated/α-hetero) is 1. The van der Waals surface area contributed by atoms with Crippen molar-refractivity contribution >= 4 is 5.78 Å². The fourth-order valence-electron chi connectivity index (χ4n) is 3.04. The second kappa shape index (κ2) is 4.46. The first-order valence-corrected chi connectivity index (χ1v) is 5.97. The molecule has 0 heterocycles. The molecular weight excluding hydrogens is 172 g/mol. The Morgan fingerprint density at radius 2 is 2.00 bits per heavy atom. The van der Waals surface area contributed by atoms with Gasteiger partial charge in [0.25, 0.3) is 0 Å². The van der Waals surface area contributed by atoms with Crippen molar-refractivity contribution in [3.8, 4) is 0 Å². The highest BCUT2D eigenvalue weighted by Crippen LogP contribution is 2.42. The summed E-state index contributed by atoms with van der Waals surface area (Å²) in [6.07, 6.45) is 5.30. The van der Waals surface area contributed by atoms with Gasteiger partial charge in [-0.3, -0.25) is 4.79 Å². The highest BCUT2D eigenvalue weighted by Gasteiger charge is 2.34. The van der Waals surface area contributed by atoms with E-state index in [0.717, 1.165) is 31.6 Å². The largest absolute Gasteiger partial charge is 0.299 e. The average molecular weight is 196 g/mol. The molecule has 0 N–H and O–H groups in total. The maximum atomic E-state index is 11.8. The van der Waals surface area contributed by atoms with Crippen LogP contribution in [0, 0.1) is 17.3 Å². The molecule has 0 saturated heterocycles. The molecular formula is C13H24O. The number of ketones is 1. The summed E-state index contributed by atoms with van der Waals surface area (Å²) in [6, 6.07) is 0. The second-order valence-electron chi connectivity index (χ2n) is 5.83. The monoisotopic (exact) mass is 196 g/mol. The predicted octanol–water partition coefficient (Wildman–Crippen LogP) is 3.82. The van der Waals surface area contributed by atoms with E-state index in [2.05, 4.69) is 27.7 Å². The molecule has 1 aliphatic rings. The molecule has 0 aromatic rings. The lowest BCUT2D eigenvalue weighted by Gasteiger charge is -2.38. The van der Waals surface area contributed by atoms with Gasteiger partial charge in [-0.05, 0) is 37.0 Å². The van der Waals surface area contributed by atoms with Gasteiger partial charge in [-0.25, -0.2) is 0 Å². The van der Waals surface area contributed by atoms with E-state index in [9.17, 15) is 4.79 Å². The molecule has 1 heteroatoms. The molecule has 1 nitrogen and oxygen atoms in total. The van der Waals surface area contributed by atoms with E-state index < -0.39 is 0 Å². The molecule has 0 amide bonds. The highest BCUT2D eigenvalue weighted by atomic mass is 16.1. The highest BCUT2D eigenvalue weighted by molar-refractivity contribution is 5.81. The topological polar surface area (TPSA) is 17.1 Å². The summed E-state index contributed by atoms with van der Waals surface area (Å²) in [4.78, 5) is 11.8. The van der Waals surface area contributed by atoms with E-state index >= 15 is 0 Å². The maximum absolute atomic E-state index is 11.8. The predicted molar refractivity (Wildman–Crippen MR) is 60.2 cm³/mol. The van der Waals surface area contributed by atoms with E-state index in [4.69, 9.17) is 0 Å². The van der Waals surface area contributed by atoms with Gasteiger partial charge in [0.1, 0.15) is 5.78 Å². The molecule has 0 bridgehead atoms. The Labute approximate surface area is 88.3 Å². The van der Waals surface area contributed by atoms with Crippen molar-refractivity contribution in [2.45, 2.75) is 59.8 Å². The first-order valence-electron chi connectivity index (χ1n) is 5.97. The van der Waals surface area contributed by atoms with Gasteiger partial charge in [-0.15, -0.1) is 0 Å². The molecule has 82 valence electrons. The molecule has 0 aromatic carbocycles. The van der Waals surface area contributed by atoms with Crippen LogP contribution < -0.4 is 0 Å². The van der Waals surface area contributed by atoms with Gasteiger partial charge in [0.05, 0.1) is 0 Å². The van der Waals surface area contributed by atoms with Crippen LogP contribution in [0.15, 0.2) is 0 Å².